The largest absolute Gasteiger partial charge is 0.744 e. The van der Waals surface area contributed by atoms with Gasteiger partial charge in [-0.15, -0.1) is 0 Å². The van der Waals surface area contributed by atoms with Gasteiger partial charge in [0.25, 0.3) is 0 Å². The summed E-state index contributed by atoms with van der Waals surface area (Å²) in [6, 6.07) is 11.6. The molecule has 0 aliphatic rings. The van der Waals surface area contributed by atoms with Gasteiger partial charge < -0.3 is 9.11 Å². The van der Waals surface area contributed by atoms with Crippen molar-refractivity contribution in [3.05, 3.63) is 97.1 Å². The van der Waals surface area contributed by atoms with Gasteiger partial charge in [-0.3, -0.25) is 0 Å². The minimum absolute atomic E-state index is 0.178. The summed E-state index contributed by atoms with van der Waals surface area (Å²) in [6.07, 6.45) is 12.3. The SMILES string of the molecule is CCn1cc[n+](C)c1.CCn1cc[n+](C)c1.Cc1ccc(S(=O)(=O)[O-])cc1.Cc1ccc(S(=O)(=O)[O-])cc1. The Morgan fingerprint density at radius 1 is 0.632 bits per heavy atom. The van der Waals surface area contributed by atoms with Crippen molar-refractivity contribution < 1.29 is 35.1 Å². The highest BCUT2D eigenvalue weighted by molar-refractivity contribution is 7.86. The molecule has 208 valence electrons. The summed E-state index contributed by atoms with van der Waals surface area (Å²) >= 11 is 0. The number of aryl methyl sites for hydroxylation is 6. The van der Waals surface area contributed by atoms with Crippen molar-refractivity contribution in [3.63, 3.8) is 0 Å². The third-order valence-corrected chi connectivity index (χ3v) is 6.70. The van der Waals surface area contributed by atoms with Crippen LogP contribution in [0.2, 0.25) is 0 Å². The van der Waals surface area contributed by atoms with Crippen LogP contribution in [0.15, 0.2) is 95.8 Å². The van der Waals surface area contributed by atoms with Crippen LogP contribution in [0.1, 0.15) is 25.0 Å². The summed E-state index contributed by atoms with van der Waals surface area (Å²) in [5.74, 6) is 0. The van der Waals surface area contributed by atoms with Crippen LogP contribution in [0.5, 0.6) is 0 Å². The molecule has 0 aliphatic carbocycles. The monoisotopic (exact) mass is 564 g/mol. The second kappa shape index (κ2) is 15.2. The smallest absolute Gasteiger partial charge is 0.243 e. The molecular formula is C26H36N4O6S2. The van der Waals surface area contributed by atoms with Gasteiger partial charge in [0.2, 0.25) is 12.7 Å². The molecule has 2 aromatic carbocycles. The van der Waals surface area contributed by atoms with Gasteiger partial charge in [-0.05, 0) is 52.0 Å². The van der Waals surface area contributed by atoms with E-state index in [4.69, 9.17) is 0 Å². The highest BCUT2D eigenvalue weighted by Crippen LogP contribution is 2.09. The standard InChI is InChI=1S/2C7H8O3S.2C6H11N2/c2*1-6-2-4-7(5-3-6)11(8,9)10;2*1-3-8-5-4-7(2)6-8/h2*2-5H,1H3,(H,8,9,10);2*4-6H,3H2,1-2H3/q;;2*+1/p-2. The molecule has 0 saturated carbocycles. The molecule has 0 saturated heterocycles. The van der Waals surface area contributed by atoms with E-state index in [2.05, 4.69) is 48.0 Å². The van der Waals surface area contributed by atoms with Crippen LogP contribution in [0.4, 0.5) is 0 Å². The number of aromatic nitrogens is 4. The Labute approximate surface area is 225 Å². The van der Waals surface area contributed by atoms with E-state index in [0.29, 0.717) is 0 Å². The molecule has 2 heterocycles. The minimum Gasteiger partial charge on any atom is -0.744 e. The van der Waals surface area contributed by atoms with Crippen molar-refractivity contribution in [2.75, 3.05) is 0 Å². The Bertz CT molecular complexity index is 1340. The van der Waals surface area contributed by atoms with Gasteiger partial charge in [0.15, 0.2) is 0 Å². The van der Waals surface area contributed by atoms with Crippen LogP contribution >= 0.6 is 0 Å². The highest BCUT2D eigenvalue weighted by Gasteiger charge is 1.99. The zero-order valence-electron chi connectivity index (χ0n) is 22.6. The molecule has 10 nitrogen and oxygen atoms in total. The number of imidazole rings is 2. The summed E-state index contributed by atoms with van der Waals surface area (Å²) in [6.45, 7) is 10.0. The zero-order chi connectivity index (χ0) is 28.9. The summed E-state index contributed by atoms with van der Waals surface area (Å²) in [4.78, 5) is -0.355. The second-order valence-electron chi connectivity index (χ2n) is 8.35. The van der Waals surface area contributed by atoms with Crippen LogP contribution in [-0.2, 0) is 47.4 Å². The van der Waals surface area contributed by atoms with Gasteiger partial charge in [-0.2, -0.15) is 0 Å². The summed E-state index contributed by atoms with van der Waals surface area (Å²) in [5, 5.41) is 0. The predicted octanol–water partition coefficient (Wildman–Crippen LogP) is 2.46. The highest BCUT2D eigenvalue weighted by atomic mass is 32.2. The van der Waals surface area contributed by atoms with E-state index in [9.17, 15) is 25.9 Å². The molecule has 0 unspecified atom stereocenters. The molecule has 12 heteroatoms. The maximum absolute atomic E-state index is 10.4. The Kier molecular flexibility index (Phi) is 13.1. The lowest BCUT2D eigenvalue weighted by Gasteiger charge is -2.05. The van der Waals surface area contributed by atoms with E-state index < -0.39 is 20.2 Å². The molecule has 0 amide bonds. The molecule has 0 atom stereocenters. The fraction of sp³-hybridized carbons (Fsp3) is 0.308. The first-order chi connectivity index (χ1) is 17.6. The van der Waals surface area contributed by atoms with Gasteiger partial charge in [-0.1, -0.05) is 35.4 Å². The lowest BCUT2D eigenvalue weighted by molar-refractivity contribution is -0.671. The van der Waals surface area contributed by atoms with Crippen LogP contribution < -0.4 is 9.13 Å². The van der Waals surface area contributed by atoms with E-state index in [1.807, 2.05) is 49.5 Å². The van der Waals surface area contributed by atoms with Gasteiger partial charge in [0.1, 0.15) is 45.0 Å². The van der Waals surface area contributed by atoms with E-state index >= 15 is 0 Å². The number of hydrogen-bond donors (Lipinski definition) is 0. The molecule has 0 bridgehead atoms. The topological polar surface area (TPSA) is 132 Å². The third kappa shape index (κ3) is 12.8. The van der Waals surface area contributed by atoms with Gasteiger partial charge >= 0.3 is 0 Å². The van der Waals surface area contributed by atoms with Crippen molar-refractivity contribution in [1.29, 1.82) is 0 Å². The minimum atomic E-state index is -4.27. The summed E-state index contributed by atoms with van der Waals surface area (Å²) < 4.78 is 70.6. The van der Waals surface area contributed by atoms with E-state index in [-0.39, 0.29) is 9.79 Å². The molecule has 0 spiro atoms. The number of nitrogens with zero attached hydrogens (tertiary/aromatic N) is 4. The Hall–Kier alpha value is -3.32. The van der Waals surface area contributed by atoms with Crippen molar-refractivity contribution in [3.8, 4) is 0 Å². The Morgan fingerprint density at radius 2 is 0.921 bits per heavy atom. The van der Waals surface area contributed by atoms with Crippen molar-refractivity contribution in [1.82, 2.24) is 9.13 Å². The first kappa shape index (κ1) is 32.7. The van der Waals surface area contributed by atoms with Crippen molar-refractivity contribution in [2.24, 2.45) is 14.1 Å². The van der Waals surface area contributed by atoms with Crippen LogP contribution in [0, 0.1) is 13.8 Å². The fourth-order valence-electron chi connectivity index (χ4n) is 2.79. The average molecular weight is 565 g/mol. The van der Waals surface area contributed by atoms with Crippen LogP contribution in [0.3, 0.4) is 0 Å². The molecule has 38 heavy (non-hydrogen) atoms. The third-order valence-electron chi connectivity index (χ3n) is 5.00. The molecule has 0 radical (unpaired) electrons. The maximum atomic E-state index is 10.4. The van der Waals surface area contributed by atoms with Crippen LogP contribution in [-0.4, -0.2) is 35.1 Å². The Balaban J connectivity index is 0.000000256. The number of rotatable bonds is 4. The molecule has 4 rings (SSSR count). The molecular weight excluding hydrogens is 528 g/mol. The van der Waals surface area contributed by atoms with Crippen molar-refractivity contribution in [2.45, 2.75) is 50.6 Å². The number of benzene rings is 2. The Morgan fingerprint density at radius 3 is 1.08 bits per heavy atom. The number of hydrogen-bond acceptors (Lipinski definition) is 6. The second-order valence-corrected chi connectivity index (χ2v) is 11.1. The van der Waals surface area contributed by atoms with E-state index in [0.717, 1.165) is 24.2 Å². The first-order valence-electron chi connectivity index (χ1n) is 11.7. The average Bonchev–Trinajstić information content (AvgIpc) is 3.47. The molecule has 0 fully saturated rings. The fourth-order valence-corrected chi connectivity index (χ4v) is 3.73. The predicted molar refractivity (Wildman–Crippen MR) is 141 cm³/mol. The molecule has 2 aromatic heterocycles. The lowest BCUT2D eigenvalue weighted by atomic mass is 10.2. The molecule has 4 aromatic rings. The van der Waals surface area contributed by atoms with Gasteiger partial charge in [0.05, 0.1) is 37.0 Å². The van der Waals surface area contributed by atoms with Gasteiger partial charge in [0, 0.05) is 0 Å². The summed E-state index contributed by atoms with van der Waals surface area (Å²) in [5.41, 5.74) is 1.86. The molecule has 0 N–H and O–H groups in total. The zero-order valence-corrected chi connectivity index (χ0v) is 24.2. The summed E-state index contributed by atoms with van der Waals surface area (Å²) in [7, 11) is -4.50. The quantitative estimate of drug-likeness (QED) is 0.276. The van der Waals surface area contributed by atoms with Crippen LogP contribution in [0.25, 0.3) is 0 Å². The van der Waals surface area contributed by atoms with E-state index in [1.165, 1.54) is 24.3 Å². The van der Waals surface area contributed by atoms with Gasteiger partial charge in [-0.25, -0.2) is 35.1 Å². The first-order valence-corrected chi connectivity index (χ1v) is 14.5. The van der Waals surface area contributed by atoms with Crippen molar-refractivity contribution >= 4 is 20.2 Å². The molecule has 0 aliphatic heterocycles. The maximum Gasteiger partial charge on any atom is 0.243 e. The lowest BCUT2D eigenvalue weighted by Crippen LogP contribution is -2.23. The van der Waals surface area contributed by atoms with E-state index in [1.54, 1.807) is 24.3 Å². The normalized spacial score (nSPS) is 10.7.